The number of nitrogens with one attached hydrogen (secondary N) is 1. The number of piperidine rings is 1. The molecule has 8 nitrogen and oxygen atoms in total. The number of likely N-dealkylation sites (tertiary alicyclic amines) is 1. The molecule has 1 unspecified atom stereocenters. The number of hydrogen-bond acceptors (Lipinski definition) is 6. The van der Waals surface area contributed by atoms with E-state index in [1.807, 2.05) is 4.90 Å². The lowest BCUT2D eigenvalue weighted by Gasteiger charge is -2.30. The molecule has 1 atom stereocenters. The summed E-state index contributed by atoms with van der Waals surface area (Å²) in [6.45, 7) is 1.75. The largest absolute Gasteiger partial charge is 0.497 e. The Morgan fingerprint density at radius 3 is 3.08 bits per heavy atom. The maximum Gasteiger partial charge on any atom is 0.231 e. The first-order valence-electron chi connectivity index (χ1n) is 8.27. The van der Waals surface area contributed by atoms with E-state index in [0.717, 1.165) is 19.4 Å². The summed E-state index contributed by atoms with van der Waals surface area (Å²) in [7, 11) is 1.59. The highest BCUT2D eigenvalue weighted by molar-refractivity contribution is 5.79. The smallest absolute Gasteiger partial charge is 0.231 e. The van der Waals surface area contributed by atoms with Crippen molar-refractivity contribution in [2.24, 2.45) is 11.7 Å². The van der Waals surface area contributed by atoms with E-state index in [9.17, 15) is 9.59 Å². The minimum atomic E-state index is -0.372. The van der Waals surface area contributed by atoms with Gasteiger partial charge in [-0.05, 0) is 31.5 Å². The van der Waals surface area contributed by atoms with E-state index in [4.69, 9.17) is 14.9 Å². The number of methoxy groups -OCH3 is 1. The zero-order valence-electron chi connectivity index (χ0n) is 14.2. The van der Waals surface area contributed by atoms with Crippen molar-refractivity contribution in [2.45, 2.75) is 19.4 Å². The van der Waals surface area contributed by atoms with Gasteiger partial charge in [-0.2, -0.15) is 0 Å². The molecule has 0 aliphatic carbocycles. The van der Waals surface area contributed by atoms with E-state index < -0.39 is 0 Å². The number of carbonyl (C=O) groups is 2. The number of nitrogens with zero attached hydrogens (tertiary/aromatic N) is 2. The van der Waals surface area contributed by atoms with Crippen LogP contribution in [0.2, 0.25) is 0 Å². The van der Waals surface area contributed by atoms with Crippen molar-refractivity contribution in [3.8, 4) is 5.75 Å². The van der Waals surface area contributed by atoms with Crippen LogP contribution in [0.1, 0.15) is 18.7 Å². The van der Waals surface area contributed by atoms with Gasteiger partial charge in [0.15, 0.2) is 5.58 Å². The summed E-state index contributed by atoms with van der Waals surface area (Å²) >= 11 is 0. The summed E-state index contributed by atoms with van der Waals surface area (Å²) < 4.78 is 10.8. The second-order valence-electron chi connectivity index (χ2n) is 6.20. The van der Waals surface area contributed by atoms with Crippen LogP contribution >= 0.6 is 0 Å². The normalized spacial score (nSPS) is 18.2. The summed E-state index contributed by atoms with van der Waals surface area (Å²) in [5, 5.41) is 2.86. The quantitative estimate of drug-likeness (QED) is 0.794. The zero-order chi connectivity index (χ0) is 17.8. The van der Waals surface area contributed by atoms with E-state index in [1.54, 1.807) is 25.3 Å². The average Bonchev–Trinajstić information content (AvgIpc) is 3.01. The fraction of sp³-hybridized carbons (Fsp3) is 0.471. The second-order valence-corrected chi connectivity index (χ2v) is 6.20. The number of benzene rings is 1. The predicted molar refractivity (Wildman–Crippen MR) is 90.8 cm³/mol. The molecule has 1 aliphatic rings. The molecular weight excluding hydrogens is 324 g/mol. The minimum Gasteiger partial charge on any atom is -0.497 e. The standard InChI is InChI=1S/C17H22N4O4/c1-24-12-4-5-14-13(7-12)20-16(25-14)8-19-17(23)11-3-2-6-21(9-11)10-15(18)22/h4-5,7,11H,2-3,6,8-10H2,1H3,(H2,18,22)(H,19,23). The van der Waals surface area contributed by atoms with Gasteiger partial charge in [-0.15, -0.1) is 0 Å². The van der Waals surface area contributed by atoms with Gasteiger partial charge in [0.05, 0.1) is 26.1 Å². The number of rotatable bonds is 6. The minimum absolute atomic E-state index is 0.0611. The zero-order valence-corrected chi connectivity index (χ0v) is 14.2. The van der Waals surface area contributed by atoms with Crippen molar-refractivity contribution in [3.05, 3.63) is 24.1 Å². The maximum atomic E-state index is 12.4. The molecule has 2 heterocycles. The van der Waals surface area contributed by atoms with Crippen LogP contribution in [0.5, 0.6) is 5.75 Å². The van der Waals surface area contributed by atoms with Crippen molar-refractivity contribution >= 4 is 22.9 Å². The van der Waals surface area contributed by atoms with Crippen molar-refractivity contribution in [3.63, 3.8) is 0 Å². The summed E-state index contributed by atoms with van der Waals surface area (Å²) in [6, 6.07) is 5.37. The number of hydrogen-bond donors (Lipinski definition) is 2. The van der Waals surface area contributed by atoms with Crippen LogP contribution in [0.3, 0.4) is 0 Å². The molecule has 0 saturated carbocycles. The number of carbonyl (C=O) groups excluding carboxylic acids is 2. The van der Waals surface area contributed by atoms with Gasteiger partial charge in [-0.3, -0.25) is 14.5 Å². The molecule has 1 aliphatic heterocycles. The summed E-state index contributed by atoms with van der Waals surface area (Å²) in [5.74, 6) is 0.559. The lowest BCUT2D eigenvalue weighted by molar-refractivity contribution is -0.128. The number of oxazole rings is 1. The van der Waals surface area contributed by atoms with Crippen LogP contribution in [0.4, 0.5) is 0 Å². The fourth-order valence-electron chi connectivity index (χ4n) is 3.10. The molecule has 0 spiro atoms. The Balaban J connectivity index is 1.57. The first kappa shape index (κ1) is 17.2. The SMILES string of the molecule is COc1ccc2oc(CNC(=O)C3CCCN(CC(N)=O)C3)nc2c1. The molecule has 1 aromatic carbocycles. The summed E-state index contributed by atoms with van der Waals surface area (Å²) in [5.41, 5.74) is 6.56. The van der Waals surface area contributed by atoms with Gasteiger partial charge in [0, 0.05) is 12.6 Å². The Kier molecular flexibility index (Phi) is 5.18. The van der Waals surface area contributed by atoms with E-state index in [0.29, 0.717) is 29.3 Å². The highest BCUT2D eigenvalue weighted by Crippen LogP contribution is 2.21. The number of aromatic nitrogens is 1. The average molecular weight is 346 g/mol. The molecule has 3 N–H and O–H groups in total. The van der Waals surface area contributed by atoms with E-state index in [-0.39, 0.29) is 30.8 Å². The Morgan fingerprint density at radius 2 is 2.32 bits per heavy atom. The van der Waals surface area contributed by atoms with Crippen LogP contribution in [0.15, 0.2) is 22.6 Å². The number of primary amides is 1. The first-order valence-corrected chi connectivity index (χ1v) is 8.27. The van der Waals surface area contributed by atoms with Crippen molar-refractivity contribution in [1.82, 2.24) is 15.2 Å². The van der Waals surface area contributed by atoms with Gasteiger partial charge < -0.3 is 20.2 Å². The third-order valence-electron chi connectivity index (χ3n) is 4.31. The van der Waals surface area contributed by atoms with Gasteiger partial charge in [0.2, 0.25) is 17.7 Å². The lowest BCUT2D eigenvalue weighted by atomic mass is 9.97. The molecule has 2 aromatic rings. The number of ether oxygens (including phenoxy) is 1. The number of nitrogens with two attached hydrogens (primary N) is 1. The van der Waals surface area contributed by atoms with Crippen LogP contribution in [-0.4, -0.2) is 48.4 Å². The van der Waals surface area contributed by atoms with Gasteiger partial charge >= 0.3 is 0 Å². The highest BCUT2D eigenvalue weighted by Gasteiger charge is 2.26. The molecule has 1 aromatic heterocycles. The number of amides is 2. The molecule has 3 rings (SSSR count). The monoisotopic (exact) mass is 346 g/mol. The fourth-order valence-corrected chi connectivity index (χ4v) is 3.10. The third kappa shape index (κ3) is 4.27. The van der Waals surface area contributed by atoms with Gasteiger partial charge in [-0.1, -0.05) is 0 Å². The molecule has 25 heavy (non-hydrogen) atoms. The van der Waals surface area contributed by atoms with Crippen molar-refractivity contribution < 1.29 is 18.7 Å². The predicted octanol–water partition coefficient (Wildman–Crippen LogP) is 0.650. The van der Waals surface area contributed by atoms with Crippen molar-refractivity contribution in [2.75, 3.05) is 26.7 Å². The van der Waals surface area contributed by atoms with Gasteiger partial charge in [-0.25, -0.2) is 4.98 Å². The van der Waals surface area contributed by atoms with Crippen molar-refractivity contribution in [1.29, 1.82) is 0 Å². The van der Waals surface area contributed by atoms with Crippen LogP contribution in [0, 0.1) is 5.92 Å². The lowest BCUT2D eigenvalue weighted by Crippen LogP contribution is -2.45. The third-order valence-corrected chi connectivity index (χ3v) is 4.31. The Hall–Kier alpha value is -2.61. The topological polar surface area (TPSA) is 111 Å². The van der Waals surface area contributed by atoms with Crippen LogP contribution in [0.25, 0.3) is 11.1 Å². The molecule has 8 heteroatoms. The molecule has 0 bridgehead atoms. The van der Waals surface area contributed by atoms with Gasteiger partial charge in [0.25, 0.3) is 0 Å². The Labute approximate surface area is 145 Å². The molecule has 0 radical (unpaired) electrons. The molecule has 1 saturated heterocycles. The maximum absolute atomic E-state index is 12.4. The van der Waals surface area contributed by atoms with E-state index in [1.165, 1.54) is 0 Å². The van der Waals surface area contributed by atoms with Gasteiger partial charge in [0.1, 0.15) is 11.3 Å². The van der Waals surface area contributed by atoms with E-state index >= 15 is 0 Å². The first-order chi connectivity index (χ1) is 12.0. The van der Waals surface area contributed by atoms with E-state index in [2.05, 4.69) is 10.3 Å². The Bertz CT molecular complexity index is 773. The highest BCUT2D eigenvalue weighted by atomic mass is 16.5. The molecule has 1 fully saturated rings. The molecule has 134 valence electrons. The second kappa shape index (κ2) is 7.52. The van der Waals surface area contributed by atoms with Crippen LogP contribution in [-0.2, 0) is 16.1 Å². The summed E-state index contributed by atoms with van der Waals surface area (Å²) in [4.78, 5) is 29.7. The van der Waals surface area contributed by atoms with Crippen LogP contribution < -0.4 is 15.8 Å². The molecule has 2 amide bonds. The summed E-state index contributed by atoms with van der Waals surface area (Å²) in [6.07, 6.45) is 1.67. The number of fused-ring (bicyclic) bond motifs is 1. The Morgan fingerprint density at radius 1 is 1.48 bits per heavy atom. The molecular formula is C17H22N4O4.